The van der Waals surface area contributed by atoms with Gasteiger partial charge in [-0.2, -0.15) is 4.31 Å². The summed E-state index contributed by atoms with van der Waals surface area (Å²) in [7, 11) is -3.66. The first kappa shape index (κ1) is 48.4. The van der Waals surface area contributed by atoms with Gasteiger partial charge in [0.2, 0.25) is 27.7 Å². The number of urea groups is 1. The molecule has 5 amide bonds. The van der Waals surface area contributed by atoms with Gasteiger partial charge in [0.05, 0.1) is 16.6 Å². The van der Waals surface area contributed by atoms with Gasteiger partial charge in [-0.25, -0.2) is 22.5 Å². The number of carbonyl (C=O) groups is 4. The number of halogens is 1. The number of likely N-dealkylation sites (tertiary alicyclic amines) is 1. The third-order valence-electron chi connectivity index (χ3n) is 13.9. The number of pyridine rings is 1. The number of piperazine rings is 2. The molecule has 8 rings (SSSR count). The van der Waals surface area contributed by atoms with Crippen molar-refractivity contribution >= 4 is 45.2 Å². The Morgan fingerprint density at radius 1 is 0.821 bits per heavy atom. The molecule has 0 saturated carbocycles. The van der Waals surface area contributed by atoms with Crippen molar-refractivity contribution < 1.29 is 42.2 Å². The largest absolute Gasteiger partial charge is 0.374 e. The molecule has 0 bridgehead atoms. The topological polar surface area (TPSA) is 211 Å². The molecule has 6 heterocycles. The molecule has 67 heavy (non-hydrogen) atoms. The highest BCUT2D eigenvalue weighted by molar-refractivity contribution is 7.89. The fourth-order valence-corrected chi connectivity index (χ4v) is 11.4. The van der Waals surface area contributed by atoms with Crippen LogP contribution < -0.4 is 20.9 Å². The molecule has 0 spiro atoms. The Labute approximate surface area is 391 Å². The van der Waals surface area contributed by atoms with E-state index in [1.165, 1.54) is 27.4 Å². The van der Waals surface area contributed by atoms with Crippen LogP contribution in [0.5, 0.6) is 0 Å². The number of nitrogens with zero attached hydrogens (tertiary/aromatic N) is 7. The monoisotopic (exact) mass is 946 g/mol. The number of imide groups is 1. The molecule has 362 valence electrons. The Morgan fingerprint density at radius 2 is 1.51 bits per heavy atom. The van der Waals surface area contributed by atoms with Gasteiger partial charge >= 0.3 is 6.03 Å². The van der Waals surface area contributed by atoms with E-state index in [-0.39, 0.29) is 29.2 Å². The predicted octanol–water partition coefficient (Wildman–Crippen LogP) is 2.96. The van der Waals surface area contributed by atoms with E-state index in [1.54, 1.807) is 36.7 Å². The summed E-state index contributed by atoms with van der Waals surface area (Å²) in [6.07, 6.45) is 7.15. The Kier molecular flexibility index (Phi) is 15.8. The van der Waals surface area contributed by atoms with Gasteiger partial charge < -0.3 is 35.5 Å². The van der Waals surface area contributed by atoms with Crippen molar-refractivity contribution in [3.63, 3.8) is 0 Å². The Morgan fingerprint density at radius 3 is 2.19 bits per heavy atom. The third-order valence-corrected chi connectivity index (χ3v) is 15.8. The molecule has 0 radical (unpaired) electrons. The number of carbonyl (C=O) groups excluding carboxylic acids is 4. The standard InChI is InChI=1S/C47H63FN10O8S/c48-39-28-37-38(46(63)58(45(37)62)40-12-13-42(59)52-44(40)61)29-41(39)55-24-20-54(21-25-55)32-33-14-18-56(19-15-33)43(60)7-3-1-2-4-17-53-22-26-57(27-23-53)67(65,66)36-10-8-35(9-11-36)51-47(64)50-31-34-6-5-16-49-30-34/h5-6,8-11,16,28-30,33,40,45-46,62-63H,1-4,7,12-15,17-27,31-32H2,(H2,50,51,64)(H,52,59,61). The number of sulfonamides is 1. The molecule has 3 atom stereocenters. The summed E-state index contributed by atoms with van der Waals surface area (Å²) in [4.78, 5) is 63.7. The minimum atomic E-state index is -3.66. The van der Waals surface area contributed by atoms with Crippen molar-refractivity contribution in [3.8, 4) is 0 Å². The lowest BCUT2D eigenvalue weighted by Gasteiger charge is -2.39. The number of aliphatic hydroxyl groups excluding tert-OH is 2. The van der Waals surface area contributed by atoms with Crippen LogP contribution in [-0.2, 0) is 31.0 Å². The summed E-state index contributed by atoms with van der Waals surface area (Å²) < 4.78 is 43.8. The lowest BCUT2D eigenvalue weighted by atomic mass is 9.95. The van der Waals surface area contributed by atoms with E-state index in [9.17, 15) is 37.8 Å². The molecule has 3 unspecified atom stereocenters. The van der Waals surface area contributed by atoms with Crippen molar-refractivity contribution in [1.29, 1.82) is 0 Å². The zero-order chi connectivity index (χ0) is 47.1. The Bertz CT molecular complexity index is 2320. The lowest BCUT2D eigenvalue weighted by Crippen LogP contribution is -2.52. The molecule has 1 aromatic heterocycles. The number of nitrogens with one attached hydrogen (secondary N) is 3. The van der Waals surface area contributed by atoms with Crippen LogP contribution >= 0.6 is 0 Å². The number of benzene rings is 2. The number of fused-ring (bicyclic) bond motifs is 1. The molecule has 18 nitrogen and oxygen atoms in total. The summed E-state index contributed by atoms with van der Waals surface area (Å²) in [5.41, 5.74) is 2.28. The number of piperidine rings is 2. The zero-order valence-corrected chi connectivity index (χ0v) is 38.7. The average Bonchev–Trinajstić information content (AvgIpc) is 3.57. The van der Waals surface area contributed by atoms with E-state index in [2.05, 4.69) is 30.7 Å². The second kappa shape index (κ2) is 21.9. The molecular formula is C47H63FN10O8S. The van der Waals surface area contributed by atoms with Crippen LogP contribution in [-0.4, -0.2) is 156 Å². The molecule has 20 heteroatoms. The van der Waals surface area contributed by atoms with Gasteiger partial charge in [0.1, 0.15) is 18.3 Å². The van der Waals surface area contributed by atoms with Crippen LogP contribution in [0.1, 0.15) is 86.9 Å². The van der Waals surface area contributed by atoms with Crippen molar-refractivity contribution in [2.75, 3.05) is 88.8 Å². The van der Waals surface area contributed by atoms with Crippen molar-refractivity contribution in [2.24, 2.45) is 5.92 Å². The molecule has 5 N–H and O–H groups in total. The highest BCUT2D eigenvalue weighted by atomic mass is 32.2. The van der Waals surface area contributed by atoms with E-state index < -0.39 is 52.2 Å². The number of aliphatic hydroxyl groups is 2. The van der Waals surface area contributed by atoms with Crippen LogP contribution in [0.3, 0.4) is 0 Å². The van der Waals surface area contributed by atoms with Crippen molar-refractivity contribution in [2.45, 2.75) is 87.7 Å². The van der Waals surface area contributed by atoms with Gasteiger partial charge in [-0.3, -0.25) is 29.6 Å². The maximum absolute atomic E-state index is 15.5. The second-order valence-corrected chi connectivity index (χ2v) is 20.2. The molecule has 5 aliphatic heterocycles. The first-order chi connectivity index (χ1) is 32.3. The first-order valence-electron chi connectivity index (χ1n) is 23.7. The maximum atomic E-state index is 15.5. The van der Waals surface area contributed by atoms with Crippen molar-refractivity contribution in [3.05, 3.63) is 83.4 Å². The molecule has 0 aliphatic carbocycles. The van der Waals surface area contributed by atoms with E-state index in [4.69, 9.17) is 0 Å². The highest BCUT2D eigenvalue weighted by Crippen LogP contribution is 2.44. The van der Waals surface area contributed by atoms with Gasteiger partial charge in [0.25, 0.3) is 0 Å². The summed E-state index contributed by atoms with van der Waals surface area (Å²) in [6, 6.07) is 11.4. The van der Waals surface area contributed by atoms with Gasteiger partial charge in [0, 0.05) is 121 Å². The molecular weight excluding hydrogens is 884 g/mol. The van der Waals surface area contributed by atoms with Gasteiger partial charge in [-0.05, 0) is 92.6 Å². The predicted molar refractivity (Wildman–Crippen MR) is 247 cm³/mol. The van der Waals surface area contributed by atoms with Crippen molar-refractivity contribution in [1.82, 2.24) is 39.5 Å². The van der Waals surface area contributed by atoms with Gasteiger partial charge in [-0.15, -0.1) is 0 Å². The first-order valence-corrected chi connectivity index (χ1v) is 25.1. The normalized spacial score (nSPS) is 22.7. The van der Waals surface area contributed by atoms with Gasteiger partial charge in [-0.1, -0.05) is 18.9 Å². The molecule has 5 aliphatic rings. The minimum absolute atomic E-state index is 0.0912. The number of rotatable bonds is 16. The quantitative estimate of drug-likeness (QED) is 0.104. The fourth-order valence-electron chi connectivity index (χ4n) is 9.98. The fraction of sp³-hybridized carbons (Fsp3) is 0.553. The number of amides is 5. The number of anilines is 2. The maximum Gasteiger partial charge on any atom is 0.319 e. The van der Waals surface area contributed by atoms with Crippen LogP contribution in [0.4, 0.5) is 20.6 Å². The lowest BCUT2D eigenvalue weighted by molar-refractivity contribution is -0.154. The SMILES string of the molecule is O=C1CCC(N2C(O)c3cc(F)c(N4CCN(CC5CCN(C(=O)CCCCCCN6CCN(S(=O)(=O)c7ccc(NC(=O)NCc8cccnc8)cc7)CC6)CC5)CC4)cc3C2O)C(=O)N1. The zero-order valence-electron chi connectivity index (χ0n) is 37.9. The number of hydrogen-bond acceptors (Lipinski definition) is 13. The summed E-state index contributed by atoms with van der Waals surface area (Å²) in [5.74, 6) is -0.794. The Balaban J connectivity index is 0.671. The minimum Gasteiger partial charge on any atom is -0.374 e. The number of hydrogen-bond donors (Lipinski definition) is 5. The van der Waals surface area contributed by atoms with Crippen LogP contribution in [0.25, 0.3) is 0 Å². The Hall–Kier alpha value is -5.09. The number of aromatic nitrogens is 1. The smallest absolute Gasteiger partial charge is 0.319 e. The third kappa shape index (κ3) is 11.8. The second-order valence-electron chi connectivity index (χ2n) is 18.3. The van der Waals surface area contributed by atoms with E-state index >= 15 is 4.39 Å². The van der Waals surface area contributed by atoms with E-state index in [0.29, 0.717) is 75.1 Å². The highest BCUT2D eigenvalue weighted by Gasteiger charge is 2.46. The summed E-state index contributed by atoms with van der Waals surface area (Å²) in [6.45, 7) is 8.45. The average molecular weight is 947 g/mol. The number of unbranched alkanes of at least 4 members (excludes halogenated alkanes) is 3. The molecule has 4 fully saturated rings. The molecule has 3 aromatic rings. The summed E-state index contributed by atoms with van der Waals surface area (Å²) >= 11 is 0. The van der Waals surface area contributed by atoms with Crippen LogP contribution in [0, 0.1) is 11.7 Å². The van der Waals surface area contributed by atoms with E-state index in [1.807, 2.05) is 15.9 Å². The molecule has 2 aromatic carbocycles. The van der Waals surface area contributed by atoms with Gasteiger partial charge in [0.15, 0.2) is 0 Å². The van der Waals surface area contributed by atoms with E-state index in [0.717, 1.165) is 83.4 Å². The summed E-state index contributed by atoms with van der Waals surface area (Å²) in [5, 5.41) is 29.9. The molecule has 4 saturated heterocycles. The van der Waals surface area contributed by atoms with Crippen LogP contribution in [0.15, 0.2) is 65.8 Å². The van der Waals surface area contributed by atoms with Crippen LogP contribution in [0.2, 0.25) is 0 Å².